The molecule has 8 heteroatoms. The Hall–Kier alpha value is -2.45. The van der Waals surface area contributed by atoms with Gasteiger partial charge in [0.05, 0.1) is 4.88 Å². The summed E-state index contributed by atoms with van der Waals surface area (Å²) in [4.78, 5) is 42.3. The number of nitrogens with zero attached hydrogens (tertiary/aromatic N) is 3. The standard InChI is InChI=1S/C23H28N4O3S/c1-15(28)25-8-6-18(7-9-25)26-12-16-11-17(14-26)20-5-4-19(23(30)27(20)13-16)24-22(29)21-3-2-10-31-21/h2-5,10,16-18H,6-9,11-14H2,1H3,(H,24,29)/t16-,17+/m0/s1. The molecule has 0 spiro atoms. The van der Waals surface area contributed by atoms with Crippen LogP contribution >= 0.6 is 11.3 Å². The SMILES string of the molecule is CC(=O)N1CCC(N2C[C@@H]3C[C@H](C2)c2ccc(NC(=O)c4cccs4)c(=O)n2C3)CC1. The van der Waals surface area contributed by atoms with Gasteiger partial charge in [0.15, 0.2) is 0 Å². The minimum absolute atomic E-state index is 0.0969. The Bertz CT molecular complexity index is 1040. The summed E-state index contributed by atoms with van der Waals surface area (Å²) >= 11 is 1.37. The highest BCUT2D eigenvalue weighted by Crippen LogP contribution is 2.37. The quantitative estimate of drug-likeness (QED) is 0.796. The van der Waals surface area contributed by atoms with E-state index in [0.29, 0.717) is 35.0 Å². The average Bonchev–Trinajstić information content (AvgIpc) is 3.31. The summed E-state index contributed by atoms with van der Waals surface area (Å²) in [5, 5.41) is 4.65. The number of carbonyl (C=O) groups excluding carboxylic acids is 2. The van der Waals surface area contributed by atoms with E-state index >= 15 is 0 Å². The minimum Gasteiger partial charge on any atom is -0.343 e. The van der Waals surface area contributed by atoms with Gasteiger partial charge in [-0.1, -0.05) is 6.07 Å². The summed E-state index contributed by atoms with van der Waals surface area (Å²) in [6.07, 6.45) is 3.17. The van der Waals surface area contributed by atoms with E-state index in [1.54, 1.807) is 19.1 Å². The third-order valence-corrected chi connectivity index (χ3v) is 7.92. The van der Waals surface area contributed by atoms with Gasteiger partial charge in [0, 0.05) is 57.3 Å². The van der Waals surface area contributed by atoms with E-state index in [1.165, 1.54) is 11.3 Å². The molecule has 164 valence electrons. The fraction of sp³-hybridized carbons (Fsp3) is 0.522. The number of nitrogens with one attached hydrogen (secondary N) is 1. The molecule has 2 atom stereocenters. The molecule has 2 fully saturated rings. The minimum atomic E-state index is -0.230. The number of carbonyl (C=O) groups is 2. The number of piperidine rings is 2. The number of aromatic nitrogens is 1. The van der Waals surface area contributed by atoms with E-state index in [1.807, 2.05) is 27.0 Å². The Morgan fingerprint density at radius 1 is 1.10 bits per heavy atom. The van der Waals surface area contributed by atoms with Crippen LogP contribution in [0, 0.1) is 5.92 Å². The summed E-state index contributed by atoms with van der Waals surface area (Å²) in [6.45, 7) is 6.00. The van der Waals surface area contributed by atoms with Crippen molar-refractivity contribution in [2.45, 2.75) is 44.7 Å². The van der Waals surface area contributed by atoms with Crippen LogP contribution in [0.3, 0.4) is 0 Å². The molecule has 3 aliphatic rings. The number of rotatable bonds is 3. The first-order valence-corrected chi connectivity index (χ1v) is 12.0. The lowest BCUT2D eigenvalue weighted by Gasteiger charge is -2.47. The van der Waals surface area contributed by atoms with Gasteiger partial charge in [0.2, 0.25) is 5.91 Å². The van der Waals surface area contributed by atoms with Gasteiger partial charge in [-0.15, -0.1) is 11.3 Å². The molecule has 2 saturated heterocycles. The summed E-state index contributed by atoms with van der Waals surface area (Å²) in [7, 11) is 0. The van der Waals surface area contributed by atoms with Gasteiger partial charge in [0.1, 0.15) is 5.69 Å². The van der Waals surface area contributed by atoms with Crippen molar-refractivity contribution in [1.82, 2.24) is 14.4 Å². The lowest BCUT2D eigenvalue weighted by Crippen LogP contribution is -2.53. The lowest BCUT2D eigenvalue weighted by atomic mass is 9.82. The molecule has 5 rings (SSSR count). The Kier molecular flexibility index (Phi) is 5.44. The molecule has 0 radical (unpaired) electrons. The van der Waals surface area contributed by atoms with E-state index < -0.39 is 0 Å². The smallest absolute Gasteiger partial charge is 0.274 e. The van der Waals surface area contributed by atoms with Crippen molar-refractivity contribution in [3.63, 3.8) is 0 Å². The molecule has 0 aliphatic carbocycles. The van der Waals surface area contributed by atoms with Gasteiger partial charge in [0.25, 0.3) is 11.5 Å². The maximum absolute atomic E-state index is 13.1. The molecule has 0 unspecified atom stereocenters. The average molecular weight is 441 g/mol. The van der Waals surface area contributed by atoms with E-state index in [0.717, 1.165) is 51.1 Å². The van der Waals surface area contributed by atoms with Gasteiger partial charge in [-0.05, 0) is 48.8 Å². The van der Waals surface area contributed by atoms with Crippen molar-refractivity contribution in [1.29, 1.82) is 0 Å². The highest BCUT2D eigenvalue weighted by Gasteiger charge is 2.38. The third-order valence-electron chi connectivity index (χ3n) is 7.05. The summed E-state index contributed by atoms with van der Waals surface area (Å²) in [5.74, 6) is 0.724. The van der Waals surface area contributed by atoms with Crippen LogP contribution in [0.15, 0.2) is 34.4 Å². The van der Waals surface area contributed by atoms with Crippen LogP contribution in [0.2, 0.25) is 0 Å². The van der Waals surface area contributed by atoms with Crippen LogP contribution in [0.25, 0.3) is 0 Å². The number of likely N-dealkylation sites (tertiary alicyclic amines) is 2. The van der Waals surface area contributed by atoms with Crippen molar-refractivity contribution in [3.05, 3.63) is 50.6 Å². The van der Waals surface area contributed by atoms with Crippen LogP contribution in [-0.4, -0.2) is 58.4 Å². The molecular formula is C23H28N4O3S. The van der Waals surface area contributed by atoms with Crippen LogP contribution in [0.1, 0.15) is 47.5 Å². The highest BCUT2D eigenvalue weighted by molar-refractivity contribution is 7.12. The second kappa shape index (κ2) is 8.24. The first-order valence-electron chi connectivity index (χ1n) is 11.1. The second-order valence-electron chi connectivity index (χ2n) is 9.01. The Morgan fingerprint density at radius 3 is 2.61 bits per heavy atom. The van der Waals surface area contributed by atoms with E-state index in [9.17, 15) is 14.4 Å². The normalized spacial score (nSPS) is 24.0. The highest BCUT2D eigenvalue weighted by atomic mass is 32.1. The van der Waals surface area contributed by atoms with E-state index in [4.69, 9.17) is 0 Å². The van der Waals surface area contributed by atoms with Gasteiger partial charge < -0.3 is 14.8 Å². The second-order valence-corrected chi connectivity index (χ2v) is 9.96. The van der Waals surface area contributed by atoms with Crippen molar-refractivity contribution in [2.24, 2.45) is 5.92 Å². The zero-order chi connectivity index (χ0) is 21.5. The van der Waals surface area contributed by atoms with Gasteiger partial charge >= 0.3 is 0 Å². The first-order chi connectivity index (χ1) is 15.0. The number of fused-ring (bicyclic) bond motifs is 4. The molecule has 2 bridgehead atoms. The fourth-order valence-electron chi connectivity index (χ4n) is 5.51. The number of anilines is 1. The van der Waals surface area contributed by atoms with E-state index in [-0.39, 0.29) is 17.4 Å². The summed E-state index contributed by atoms with van der Waals surface area (Å²) < 4.78 is 1.89. The zero-order valence-electron chi connectivity index (χ0n) is 17.8. The molecule has 2 aromatic heterocycles. The zero-order valence-corrected chi connectivity index (χ0v) is 18.6. The van der Waals surface area contributed by atoms with Crippen LogP contribution in [0.4, 0.5) is 5.69 Å². The maximum atomic E-state index is 13.1. The molecule has 5 heterocycles. The topological polar surface area (TPSA) is 74.7 Å². The molecule has 2 aromatic rings. The van der Waals surface area contributed by atoms with Crippen molar-refractivity contribution in [2.75, 3.05) is 31.5 Å². The van der Waals surface area contributed by atoms with Crippen molar-refractivity contribution >= 4 is 28.8 Å². The summed E-state index contributed by atoms with van der Waals surface area (Å²) in [5.41, 5.74) is 1.34. The number of amides is 2. The molecule has 2 amide bonds. The fourth-order valence-corrected chi connectivity index (χ4v) is 6.13. The Balaban J connectivity index is 1.31. The molecule has 0 aromatic carbocycles. The number of hydrogen-bond acceptors (Lipinski definition) is 5. The molecule has 7 nitrogen and oxygen atoms in total. The maximum Gasteiger partial charge on any atom is 0.274 e. The van der Waals surface area contributed by atoms with Crippen LogP contribution in [-0.2, 0) is 11.3 Å². The Morgan fingerprint density at radius 2 is 1.90 bits per heavy atom. The van der Waals surface area contributed by atoms with Crippen molar-refractivity contribution in [3.8, 4) is 0 Å². The lowest BCUT2D eigenvalue weighted by molar-refractivity contribution is -0.130. The van der Waals surface area contributed by atoms with E-state index in [2.05, 4.69) is 10.2 Å². The van der Waals surface area contributed by atoms with Crippen LogP contribution in [0.5, 0.6) is 0 Å². The first kappa shape index (κ1) is 20.5. The summed E-state index contributed by atoms with van der Waals surface area (Å²) in [6, 6.07) is 7.90. The van der Waals surface area contributed by atoms with Crippen molar-refractivity contribution < 1.29 is 9.59 Å². The number of hydrogen-bond donors (Lipinski definition) is 1. The van der Waals surface area contributed by atoms with Crippen LogP contribution < -0.4 is 10.9 Å². The molecular weight excluding hydrogens is 412 g/mol. The molecule has 1 N–H and O–H groups in total. The Labute approximate surface area is 185 Å². The van der Waals surface area contributed by atoms with Gasteiger partial charge in [-0.3, -0.25) is 19.3 Å². The molecule has 3 aliphatic heterocycles. The predicted octanol–water partition coefficient (Wildman–Crippen LogP) is 2.59. The third kappa shape index (κ3) is 3.94. The largest absolute Gasteiger partial charge is 0.343 e. The van der Waals surface area contributed by atoms with Gasteiger partial charge in [-0.25, -0.2) is 0 Å². The number of pyridine rings is 1. The molecule has 31 heavy (non-hydrogen) atoms. The molecule has 0 saturated carbocycles. The predicted molar refractivity (Wildman–Crippen MR) is 121 cm³/mol. The number of thiophene rings is 1. The monoisotopic (exact) mass is 440 g/mol. The van der Waals surface area contributed by atoms with Gasteiger partial charge in [-0.2, -0.15) is 0 Å².